The number of hydrogen-bond acceptors (Lipinski definition) is 4. The van der Waals surface area contributed by atoms with E-state index in [1.165, 1.54) is 0 Å². The number of aliphatic imine (C=N–C) groups is 1. The fourth-order valence-corrected chi connectivity index (χ4v) is 3.29. The molecule has 1 unspecified atom stereocenters. The molecule has 1 atom stereocenters. The van der Waals surface area contributed by atoms with Crippen molar-refractivity contribution in [3.05, 3.63) is 0 Å². The Morgan fingerprint density at radius 2 is 2.07 bits per heavy atom. The molecule has 9 heteroatoms. The van der Waals surface area contributed by atoms with Gasteiger partial charge in [0.2, 0.25) is 0 Å². The number of rotatable bonds is 10. The van der Waals surface area contributed by atoms with E-state index in [1.807, 2.05) is 11.8 Å². The minimum atomic E-state index is -2.25. The Morgan fingerprint density at radius 3 is 2.70 bits per heavy atom. The first kappa shape index (κ1) is 24.8. The first-order chi connectivity index (χ1) is 12.7. The molecule has 0 amide bonds. The molecule has 0 aliphatic carbocycles. The SMILES string of the molecule is CCNC(=NCCCOCC1CCOC1)NC1CCN(CC(F)F)CC1.I. The first-order valence-electron chi connectivity index (χ1n) is 9.88. The summed E-state index contributed by atoms with van der Waals surface area (Å²) >= 11 is 0. The van der Waals surface area contributed by atoms with E-state index in [0.29, 0.717) is 38.2 Å². The van der Waals surface area contributed by atoms with E-state index < -0.39 is 6.43 Å². The fraction of sp³-hybridized carbons (Fsp3) is 0.944. The second kappa shape index (κ2) is 14.7. The lowest BCUT2D eigenvalue weighted by molar-refractivity contribution is 0.0744. The van der Waals surface area contributed by atoms with Gasteiger partial charge in [-0.1, -0.05) is 0 Å². The Hall–Kier alpha value is -0.260. The molecule has 0 radical (unpaired) electrons. The summed E-state index contributed by atoms with van der Waals surface area (Å²) in [6.07, 6.45) is 1.47. The summed E-state index contributed by atoms with van der Waals surface area (Å²) in [7, 11) is 0. The van der Waals surface area contributed by atoms with E-state index >= 15 is 0 Å². The van der Waals surface area contributed by atoms with Gasteiger partial charge in [-0.15, -0.1) is 24.0 Å². The summed E-state index contributed by atoms with van der Waals surface area (Å²) in [5, 5.41) is 6.69. The number of alkyl halides is 2. The van der Waals surface area contributed by atoms with Crippen LogP contribution in [0.3, 0.4) is 0 Å². The Kier molecular flexibility index (Phi) is 13.5. The van der Waals surface area contributed by atoms with Crippen LogP contribution in [0.4, 0.5) is 8.78 Å². The van der Waals surface area contributed by atoms with E-state index in [2.05, 4.69) is 15.6 Å². The second-order valence-electron chi connectivity index (χ2n) is 7.03. The van der Waals surface area contributed by atoms with Crippen molar-refractivity contribution < 1.29 is 18.3 Å². The van der Waals surface area contributed by atoms with Gasteiger partial charge >= 0.3 is 0 Å². The molecule has 2 fully saturated rings. The monoisotopic (exact) mass is 504 g/mol. The minimum Gasteiger partial charge on any atom is -0.381 e. The van der Waals surface area contributed by atoms with Crippen LogP contribution in [0.1, 0.15) is 32.6 Å². The fourth-order valence-electron chi connectivity index (χ4n) is 3.29. The van der Waals surface area contributed by atoms with Crippen LogP contribution in [-0.4, -0.2) is 82.5 Å². The Balaban J connectivity index is 0.00000364. The molecule has 0 saturated carbocycles. The lowest BCUT2D eigenvalue weighted by Crippen LogP contribution is -2.49. The highest BCUT2D eigenvalue weighted by Crippen LogP contribution is 2.13. The maximum absolute atomic E-state index is 12.4. The van der Waals surface area contributed by atoms with Gasteiger partial charge in [0.15, 0.2) is 5.96 Å². The molecule has 2 heterocycles. The van der Waals surface area contributed by atoms with Gasteiger partial charge in [-0.2, -0.15) is 0 Å². The zero-order chi connectivity index (χ0) is 18.6. The van der Waals surface area contributed by atoms with Crippen LogP contribution >= 0.6 is 24.0 Å². The molecule has 27 heavy (non-hydrogen) atoms. The maximum atomic E-state index is 12.4. The van der Waals surface area contributed by atoms with Gasteiger partial charge in [0, 0.05) is 51.4 Å². The number of hydrogen-bond donors (Lipinski definition) is 2. The molecular weight excluding hydrogens is 469 g/mol. The lowest BCUT2D eigenvalue weighted by Gasteiger charge is -2.32. The molecule has 160 valence electrons. The van der Waals surface area contributed by atoms with Gasteiger partial charge in [0.25, 0.3) is 6.43 Å². The molecule has 0 aromatic carbocycles. The highest BCUT2D eigenvalue weighted by Gasteiger charge is 2.22. The number of piperidine rings is 1. The van der Waals surface area contributed by atoms with Gasteiger partial charge in [0.05, 0.1) is 19.8 Å². The minimum absolute atomic E-state index is 0. The van der Waals surface area contributed by atoms with Crippen LogP contribution < -0.4 is 10.6 Å². The maximum Gasteiger partial charge on any atom is 0.251 e. The normalized spacial score (nSPS) is 22.1. The predicted molar refractivity (Wildman–Crippen MR) is 114 cm³/mol. The summed E-state index contributed by atoms with van der Waals surface area (Å²) in [5.74, 6) is 1.36. The van der Waals surface area contributed by atoms with E-state index in [4.69, 9.17) is 9.47 Å². The zero-order valence-electron chi connectivity index (χ0n) is 16.3. The van der Waals surface area contributed by atoms with Crippen LogP contribution in [0.5, 0.6) is 0 Å². The summed E-state index contributed by atoms with van der Waals surface area (Å²) in [5.41, 5.74) is 0. The Morgan fingerprint density at radius 1 is 1.30 bits per heavy atom. The van der Waals surface area contributed by atoms with Gasteiger partial charge in [-0.05, 0) is 32.6 Å². The number of likely N-dealkylation sites (tertiary alicyclic amines) is 1. The molecule has 0 aromatic rings. The summed E-state index contributed by atoms with van der Waals surface area (Å²) < 4.78 is 35.9. The number of nitrogens with one attached hydrogen (secondary N) is 2. The van der Waals surface area contributed by atoms with E-state index in [9.17, 15) is 8.78 Å². The third-order valence-corrected chi connectivity index (χ3v) is 4.76. The highest BCUT2D eigenvalue weighted by atomic mass is 127. The topological polar surface area (TPSA) is 58.1 Å². The van der Waals surface area contributed by atoms with Crippen molar-refractivity contribution in [2.24, 2.45) is 10.9 Å². The van der Waals surface area contributed by atoms with Crippen molar-refractivity contribution in [1.29, 1.82) is 0 Å². The zero-order valence-corrected chi connectivity index (χ0v) is 18.6. The van der Waals surface area contributed by atoms with Crippen LogP contribution in [0.25, 0.3) is 0 Å². The largest absolute Gasteiger partial charge is 0.381 e. The van der Waals surface area contributed by atoms with Crippen LogP contribution in [0, 0.1) is 5.92 Å². The van der Waals surface area contributed by atoms with Crippen molar-refractivity contribution in [2.45, 2.75) is 45.1 Å². The predicted octanol–water partition coefficient (Wildman–Crippen LogP) is 2.33. The molecule has 0 bridgehead atoms. The van der Waals surface area contributed by atoms with Crippen molar-refractivity contribution in [2.75, 3.05) is 59.2 Å². The average Bonchev–Trinajstić information content (AvgIpc) is 3.12. The second-order valence-corrected chi connectivity index (χ2v) is 7.03. The van der Waals surface area contributed by atoms with Crippen molar-refractivity contribution in [3.63, 3.8) is 0 Å². The standard InChI is InChI=1S/C18H34F2N4O2.HI/c1-2-21-18(22-7-3-10-25-13-15-6-11-26-14-15)23-16-4-8-24(9-5-16)12-17(19)20;/h15-17H,2-14H2,1H3,(H2,21,22,23);1H. The molecular formula is C18H35F2IN4O2. The summed E-state index contributed by atoms with van der Waals surface area (Å²) in [6, 6.07) is 0.292. The molecule has 0 spiro atoms. The lowest BCUT2D eigenvalue weighted by atomic mass is 10.1. The van der Waals surface area contributed by atoms with E-state index in [-0.39, 0.29) is 30.5 Å². The molecule has 2 aliphatic heterocycles. The van der Waals surface area contributed by atoms with Gasteiger partial charge in [0.1, 0.15) is 0 Å². The Labute approximate surface area is 178 Å². The van der Waals surface area contributed by atoms with Gasteiger partial charge in [-0.25, -0.2) is 8.78 Å². The number of ether oxygens (including phenoxy) is 2. The van der Waals surface area contributed by atoms with Crippen molar-refractivity contribution >= 4 is 29.9 Å². The average molecular weight is 504 g/mol. The van der Waals surface area contributed by atoms with Gasteiger partial charge < -0.3 is 20.1 Å². The molecule has 2 N–H and O–H groups in total. The molecule has 2 rings (SSSR count). The molecule has 2 saturated heterocycles. The molecule has 2 aliphatic rings. The third kappa shape index (κ3) is 10.7. The summed E-state index contributed by atoms with van der Waals surface area (Å²) in [4.78, 5) is 6.43. The quantitative estimate of drug-likeness (QED) is 0.207. The summed E-state index contributed by atoms with van der Waals surface area (Å²) in [6.45, 7) is 8.02. The molecule has 0 aromatic heterocycles. The van der Waals surface area contributed by atoms with Crippen molar-refractivity contribution in [3.8, 4) is 0 Å². The van der Waals surface area contributed by atoms with E-state index in [0.717, 1.165) is 58.0 Å². The van der Waals surface area contributed by atoms with Crippen LogP contribution in [0.2, 0.25) is 0 Å². The molecule has 6 nitrogen and oxygen atoms in total. The smallest absolute Gasteiger partial charge is 0.251 e. The van der Waals surface area contributed by atoms with Crippen LogP contribution in [0.15, 0.2) is 4.99 Å². The third-order valence-electron chi connectivity index (χ3n) is 4.76. The highest BCUT2D eigenvalue weighted by molar-refractivity contribution is 14.0. The number of guanidine groups is 1. The van der Waals surface area contributed by atoms with Crippen LogP contribution in [-0.2, 0) is 9.47 Å². The number of nitrogens with zero attached hydrogens (tertiary/aromatic N) is 2. The van der Waals surface area contributed by atoms with E-state index in [1.54, 1.807) is 0 Å². The van der Waals surface area contributed by atoms with Crippen molar-refractivity contribution in [1.82, 2.24) is 15.5 Å². The van der Waals surface area contributed by atoms with Gasteiger partial charge in [-0.3, -0.25) is 9.89 Å². The first-order valence-corrected chi connectivity index (χ1v) is 9.88. The number of halogens is 3. The Bertz CT molecular complexity index is 405.